The zero-order valence-electron chi connectivity index (χ0n) is 10.6. The summed E-state index contributed by atoms with van der Waals surface area (Å²) in [6.07, 6.45) is 0. The molecule has 1 saturated heterocycles. The molecule has 0 aliphatic carbocycles. The van der Waals surface area contributed by atoms with E-state index in [2.05, 4.69) is 24.1 Å². The smallest absolute Gasteiger partial charge is 0.329 e. The van der Waals surface area contributed by atoms with Crippen molar-refractivity contribution < 1.29 is 9.59 Å². The number of nitrogens with one attached hydrogen (secondary N) is 1. The summed E-state index contributed by atoms with van der Waals surface area (Å²) in [6, 6.07) is 7.32. The summed E-state index contributed by atoms with van der Waals surface area (Å²) in [5, 5.41) is 2.26. The highest BCUT2D eigenvalue weighted by Gasteiger charge is 2.27. The summed E-state index contributed by atoms with van der Waals surface area (Å²) in [4.78, 5) is 26.3. The van der Waals surface area contributed by atoms with Crippen LogP contribution >= 0.6 is 0 Å². The molecule has 0 spiro atoms. The van der Waals surface area contributed by atoms with E-state index in [1.807, 2.05) is 24.3 Å². The molecule has 1 N–H and O–H groups in total. The fraction of sp³-hybridized carbons (Fsp3) is 0.385. The van der Waals surface area contributed by atoms with Crippen LogP contribution in [0, 0.1) is 0 Å². The number of hydrogen-bond donors (Lipinski definition) is 1. The molecule has 3 amide bonds. The lowest BCUT2D eigenvalue weighted by Crippen LogP contribution is -2.28. The normalized spacial score (nSPS) is 14.9. The Morgan fingerprint density at radius 2 is 1.78 bits per heavy atom. The van der Waals surface area contributed by atoms with Crippen molar-refractivity contribution in [2.24, 2.45) is 0 Å². The SMILES string of the molecule is CCN(CC)c1ccc(N2CC(=O)NC2=O)cc1. The number of anilines is 2. The predicted octanol–water partition coefficient (Wildman–Crippen LogP) is 1.59. The summed E-state index contributed by atoms with van der Waals surface area (Å²) in [5.74, 6) is -0.257. The Balaban J connectivity index is 2.17. The lowest BCUT2D eigenvalue weighted by atomic mass is 10.2. The summed E-state index contributed by atoms with van der Waals surface area (Å²) < 4.78 is 0. The first-order valence-electron chi connectivity index (χ1n) is 6.12. The third-order valence-electron chi connectivity index (χ3n) is 3.08. The van der Waals surface area contributed by atoms with E-state index in [0.717, 1.165) is 24.5 Å². The minimum Gasteiger partial charge on any atom is -0.372 e. The first-order chi connectivity index (χ1) is 8.65. The van der Waals surface area contributed by atoms with Gasteiger partial charge >= 0.3 is 6.03 Å². The van der Waals surface area contributed by atoms with Crippen molar-refractivity contribution in [3.05, 3.63) is 24.3 Å². The average molecular weight is 247 g/mol. The van der Waals surface area contributed by atoms with Crippen molar-refractivity contribution in [3.8, 4) is 0 Å². The molecule has 1 aromatic rings. The average Bonchev–Trinajstić information content (AvgIpc) is 2.71. The summed E-state index contributed by atoms with van der Waals surface area (Å²) >= 11 is 0. The molecule has 1 aliphatic rings. The number of rotatable bonds is 4. The summed E-state index contributed by atoms with van der Waals surface area (Å²) in [5.41, 5.74) is 1.86. The molecule has 0 aromatic heterocycles. The van der Waals surface area contributed by atoms with E-state index < -0.39 is 0 Å². The van der Waals surface area contributed by atoms with Crippen LogP contribution in [-0.4, -0.2) is 31.6 Å². The Morgan fingerprint density at radius 3 is 2.22 bits per heavy atom. The van der Waals surface area contributed by atoms with Crippen molar-refractivity contribution in [1.29, 1.82) is 0 Å². The molecular weight excluding hydrogens is 230 g/mol. The number of nitrogens with zero attached hydrogens (tertiary/aromatic N) is 2. The molecule has 0 saturated carbocycles. The zero-order chi connectivity index (χ0) is 13.1. The first-order valence-corrected chi connectivity index (χ1v) is 6.12. The second kappa shape index (κ2) is 5.08. The van der Waals surface area contributed by atoms with Crippen molar-refractivity contribution in [2.75, 3.05) is 29.4 Å². The number of amides is 3. The lowest BCUT2D eigenvalue weighted by molar-refractivity contribution is -0.117. The quantitative estimate of drug-likeness (QED) is 0.822. The monoisotopic (exact) mass is 247 g/mol. The maximum Gasteiger partial charge on any atom is 0.329 e. The molecule has 18 heavy (non-hydrogen) atoms. The fourth-order valence-electron chi connectivity index (χ4n) is 2.08. The fourth-order valence-corrected chi connectivity index (χ4v) is 2.08. The van der Waals surface area contributed by atoms with Gasteiger partial charge in [0.25, 0.3) is 0 Å². The van der Waals surface area contributed by atoms with Crippen molar-refractivity contribution >= 4 is 23.3 Å². The molecular formula is C13H17N3O2. The van der Waals surface area contributed by atoms with Gasteiger partial charge in [-0.25, -0.2) is 4.79 Å². The van der Waals surface area contributed by atoms with Gasteiger partial charge in [-0.3, -0.25) is 15.0 Å². The number of benzene rings is 1. The van der Waals surface area contributed by atoms with Crippen LogP contribution in [0.3, 0.4) is 0 Å². The van der Waals surface area contributed by atoms with E-state index in [4.69, 9.17) is 0 Å². The van der Waals surface area contributed by atoms with E-state index in [1.165, 1.54) is 4.90 Å². The second-order valence-electron chi connectivity index (χ2n) is 4.13. The predicted molar refractivity (Wildman–Crippen MR) is 70.9 cm³/mol. The van der Waals surface area contributed by atoms with Gasteiger partial charge in [-0.05, 0) is 38.1 Å². The van der Waals surface area contributed by atoms with E-state index >= 15 is 0 Å². The largest absolute Gasteiger partial charge is 0.372 e. The Kier molecular flexibility index (Phi) is 3.50. The molecule has 5 heteroatoms. The number of imide groups is 1. The van der Waals surface area contributed by atoms with Crippen LogP contribution in [0.4, 0.5) is 16.2 Å². The highest BCUT2D eigenvalue weighted by Crippen LogP contribution is 2.21. The van der Waals surface area contributed by atoms with Gasteiger partial charge in [0.15, 0.2) is 0 Å². The lowest BCUT2D eigenvalue weighted by Gasteiger charge is -2.22. The molecule has 1 heterocycles. The summed E-state index contributed by atoms with van der Waals surface area (Å²) in [6.45, 7) is 6.19. The van der Waals surface area contributed by atoms with Crippen molar-refractivity contribution in [2.45, 2.75) is 13.8 Å². The maximum atomic E-state index is 11.5. The highest BCUT2D eigenvalue weighted by atomic mass is 16.2. The Morgan fingerprint density at radius 1 is 1.17 bits per heavy atom. The third kappa shape index (κ3) is 2.30. The molecule has 1 aromatic carbocycles. The van der Waals surface area contributed by atoms with Gasteiger partial charge in [0.05, 0.1) is 0 Å². The van der Waals surface area contributed by atoms with Crippen LogP contribution in [0.15, 0.2) is 24.3 Å². The number of carbonyl (C=O) groups is 2. The van der Waals surface area contributed by atoms with Gasteiger partial charge in [0.2, 0.25) is 5.91 Å². The van der Waals surface area contributed by atoms with E-state index in [9.17, 15) is 9.59 Å². The topological polar surface area (TPSA) is 52.6 Å². The van der Waals surface area contributed by atoms with E-state index in [0.29, 0.717) is 0 Å². The Bertz CT molecular complexity index is 452. The Labute approximate surface area is 106 Å². The molecule has 96 valence electrons. The van der Waals surface area contributed by atoms with Gasteiger partial charge in [-0.2, -0.15) is 0 Å². The summed E-state index contributed by atoms with van der Waals surface area (Å²) in [7, 11) is 0. The van der Waals surface area contributed by atoms with Gasteiger partial charge in [0.1, 0.15) is 6.54 Å². The van der Waals surface area contributed by atoms with E-state index in [1.54, 1.807) is 0 Å². The molecule has 0 radical (unpaired) electrons. The molecule has 0 unspecified atom stereocenters. The van der Waals surface area contributed by atoms with E-state index in [-0.39, 0.29) is 18.5 Å². The number of carbonyl (C=O) groups excluding carboxylic acids is 2. The highest BCUT2D eigenvalue weighted by molar-refractivity contribution is 6.12. The standard InChI is InChI=1S/C13H17N3O2/c1-3-15(4-2)10-5-7-11(8-6-10)16-9-12(17)14-13(16)18/h5-8H,3-4,9H2,1-2H3,(H,14,17,18). The molecule has 2 rings (SSSR count). The third-order valence-corrected chi connectivity index (χ3v) is 3.08. The van der Waals surface area contributed by atoms with Crippen LogP contribution < -0.4 is 15.1 Å². The van der Waals surface area contributed by atoms with Crippen molar-refractivity contribution in [1.82, 2.24) is 5.32 Å². The van der Waals surface area contributed by atoms with Crippen LogP contribution in [0.25, 0.3) is 0 Å². The molecule has 1 fully saturated rings. The molecule has 0 atom stereocenters. The van der Waals surface area contributed by atoms with Crippen LogP contribution in [0.1, 0.15) is 13.8 Å². The Hall–Kier alpha value is -2.04. The van der Waals surface area contributed by atoms with Crippen LogP contribution in [0.2, 0.25) is 0 Å². The van der Waals surface area contributed by atoms with Gasteiger partial charge in [-0.15, -0.1) is 0 Å². The minimum atomic E-state index is -0.351. The van der Waals surface area contributed by atoms with Gasteiger partial charge in [-0.1, -0.05) is 0 Å². The van der Waals surface area contributed by atoms with Crippen LogP contribution in [0.5, 0.6) is 0 Å². The molecule has 1 aliphatic heterocycles. The number of urea groups is 1. The maximum absolute atomic E-state index is 11.5. The zero-order valence-corrected chi connectivity index (χ0v) is 10.6. The van der Waals surface area contributed by atoms with Gasteiger partial charge < -0.3 is 4.90 Å². The van der Waals surface area contributed by atoms with Crippen LogP contribution in [-0.2, 0) is 4.79 Å². The molecule has 5 nitrogen and oxygen atoms in total. The molecule has 0 bridgehead atoms. The minimum absolute atomic E-state index is 0.101. The first kappa shape index (κ1) is 12.4. The second-order valence-corrected chi connectivity index (χ2v) is 4.13. The van der Waals surface area contributed by atoms with Crippen molar-refractivity contribution in [3.63, 3.8) is 0 Å². The number of hydrogen-bond acceptors (Lipinski definition) is 3. The van der Waals surface area contributed by atoms with Gasteiger partial charge in [0, 0.05) is 24.5 Å².